The summed E-state index contributed by atoms with van der Waals surface area (Å²) in [6.45, 7) is 6.46. The van der Waals surface area contributed by atoms with Crippen molar-refractivity contribution in [3.05, 3.63) is 104 Å². The second-order valence-electron chi connectivity index (χ2n) is 10.2. The minimum Gasteiger partial charge on any atom is -0.507 e. The lowest BCUT2D eigenvalue weighted by atomic mass is 9.85. The minimum absolute atomic E-state index is 0.0603. The van der Waals surface area contributed by atoms with Crippen LogP contribution >= 0.6 is 23.2 Å². The van der Waals surface area contributed by atoms with Gasteiger partial charge >= 0.3 is 0 Å². The predicted molar refractivity (Wildman–Crippen MR) is 147 cm³/mol. The first-order valence-electron chi connectivity index (χ1n) is 12.1. The Kier molecular flexibility index (Phi) is 7.86. The highest BCUT2D eigenvalue weighted by Crippen LogP contribution is 2.42. The van der Waals surface area contributed by atoms with Gasteiger partial charge in [-0.3, -0.25) is 9.59 Å². The number of carbonyl (C=O) groups excluding carboxylic acids is 2. The molecule has 0 bridgehead atoms. The number of carbonyl (C=O) groups is 2. The number of likely N-dealkylation sites (tertiary alicyclic amines) is 1. The van der Waals surface area contributed by atoms with Gasteiger partial charge in [0.25, 0.3) is 11.7 Å². The van der Waals surface area contributed by atoms with Crippen LogP contribution in [0.4, 0.5) is 4.39 Å². The molecular formula is C30H28Cl2FNO4. The fourth-order valence-corrected chi connectivity index (χ4v) is 5.21. The van der Waals surface area contributed by atoms with E-state index in [1.807, 2.05) is 24.3 Å². The van der Waals surface area contributed by atoms with Crippen molar-refractivity contribution in [3.63, 3.8) is 0 Å². The monoisotopic (exact) mass is 555 g/mol. The number of methoxy groups -OCH3 is 1. The molecule has 1 atom stereocenters. The molecule has 1 unspecified atom stereocenters. The van der Waals surface area contributed by atoms with E-state index in [0.717, 1.165) is 11.1 Å². The summed E-state index contributed by atoms with van der Waals surface area (Å²) in [5, 5.41) is 11.7. The normalized spacial score (nSPS) is 17.2. The van der Waals surface area contributed by atoms with Gasteiger partial charge in [-0.05, 0) is 52.8 Å². The van der Waals surface area contributed by atoms with E-state index >= 15 is 0 Å². The number of aliphatic hydroxyl groups excluding tert-OH is 1. The Bertz CT molecular complexity index is 1390. The number of benzene rings is 3. The molecule has 8 heteroatoms. The number of hydrogen-bond donors (Lipinski definition) is 1. The smallest absolute Gasteiger partial charge is 0.295 e. The summed E-state index contributed by atoms with van der Waals surface area (Å²) in [5.74, 6) is -2.05. The third kappa shape index (κ3) is 5.42. The molecule has 0 aliphatic carbocycles. The zero-order valence-electron chi connectivity index (χ0n) is 21.5. The number of rotatable bonds is 6. The first-order valence-corrected chi connectivity index (χ1v) is 12.8. The molecule has 1 aliphatic rings. The first kappa shape index (κ1) is 27.7. The molecule has 3 aromatic carbocycles. The van der Waals surface area contributed by atoms with E-state index in [1.54, 1.807) is 12.1 Å². The average molecular weight is 556 g/mol. The van der Waals surface area contributed by atoms with Crippen LogP contribution in [-0.4, -0.2) is 35.4 Å². The molecule has 1 fully saturated rings. The summed E-state index contributed by atoms with van der Waals surface area (Å²) in [6.07, 6.45) is 0.393. The molecule has 1 N–H and O–H groups in total. The third-order valence-corrected chi connectivity index (χ3v) is 7.22. The largest absolute Gasteiger partial charge is 0.507 e. The van der Waals surface area contributed by atoms with Gasteiger partial charge in [0.2, 0.25) is 0 Å². The average Bonchev–Trinajstić information content (AvgIpc) is 3.12. The van der Waals surface area contributed by atoms with Crippen molar-refractivity contribution < 1.29 is 23.8 Å². The summed E-state index contributed by atoms with van der Waals surface area (Å²) in [6, 6.07) is 15.7. The van der Waals surface area contributed by atoms with Crippen LogP contribution < -0.4 is 4.74 Å². The van der Waals surface area contributed by atoms with Gasteiger partial charge in [-0.25, -0.2) is 4.39 Å². The Morgan fingerprint density at radius 1 is 1.00 bits per heavy atom. The van der Waals surface area contributed by atoms with Crippen LogP contribution in [-0.2, 0) is 21.4 Å². The quantitative estimate of drug-likeness (QED) is 0.200. The van der Waals surface area contributed by atoms with E-state index in [4.69, 9.17) is 27.9 Å². The third-order valence-electron chi connectivity index (χ3n) is 6.66. The fourth-order valence-electron chi connectivity index (χ4n) is 4.57. The van der Waals surface area contributed by atoms with Crippen molar-refractivity contribution in [2.45, 2.75) is 38.6 Å². The summed E-state index contributed by atoms with van der Waals surface area (Å²) in [4.78, 5) is 28.1. The zero-order valence-corrected chi connectivity index (χ0v) is 23.0. The Hall–Kier alpha value is -3.35. The van der Waals surface area contributed by atoms with Crippen LogP contribution in [0.15, 0.2) is 66.2 Å². The fraction of sp³-hybridized carbons (Fsp3) is 0.267. The molecule has 1 aliphatic heterocycles. The van der Waals surface area contributed by atoms with Crippen LogP contribution in [0, 0.1) is 5.82 Å². The van der Waals surface area contributed by atoms with Crippen molar-refractivity contribution in [2.75, 3.05) is 13.7 Å². The zero-order chi connectivity index (χ0) is 27.8. The molecule has 1 amide bonds. The van der Waals surface area contributed by atoms with E-state index in [0.29, 0.717) is 12.0 Å². The molecule has 5 nitrogen and oxygen atoms in total. The minimum atomic E-state index is -0.843. The number of ether oxygens (including phenoxy) is 1. The lowest BCUT2D eigenvalue weighted by Crippen LogP contribution is -2.31. The summed E-state index contributed by atoms with van der Waals surface area (Å²) < 4.78 is 18.6. The molecular weight excluding hydrogens is 528 g/mol. The van der Waals surface area contributed by atoms with Crippen LogP contribution in [0.25, 0.3) is 5.76 Å². The SMILES string of the molecule is COc1c(Cl)cc(/C(O)=C2\C(=O)C(=O)N(CCc3ccc(F)cc3)C2c2ccc(C(C)(C)C)cc2)cc1Cl. The Morgan fingerprint density at radius 2 is 1.58 bits per heavy atom. The van der Waals surface area contributed by atoms with Gasteiger partial charge in [0, 0.05) is 12.1 Å². The Morgan fingerprint density at radius 3 is 2.11 bits per heavy atom. The maximum absolute atomic E-state index is 13.4. The van der Waals surface area contributed by atoms with Crippen molar-refractivity contribution in [1.29, 1.82) is 0 Å². The number of Topliss-reactive ketones (excluding diaryl/α,β-unsaturated/α-hetero) is 1. The van der Waals surface area contributed by atoms with Crippen LogP contribution in [0.1, 0.15) is 49.1 Å². The molecule has 1 saturated heterocycles. The van der Waals surface area contributed by atoms with E-state index in [9.17, 15) is 19.1 Å². The maximum Gasteiger partial charge on any atom is 0.295 e. The number of aliphatic hydroxyl groups is 1. The lowest BCUT2D eigenvalue weighted by molar-refractivity contribution is -0.139. The molecule has 198 valence electrons. The van der Waals surface area contributed by atoms with E-state index in [1.165, 1.54) is 36.3 Å². The van der Waals surface area contributed by atoms with Crippen molar-refractivity contribution in [2.24, 2.45) is 0 Å². The molecule has 0 radical (unpaired) electrons. The van der Waals surface area contributed by atoms with Gasteiger partial charge in [-0.15, -0.1) is 0 Å². The van der Waals surface area contributed by atoms with E-state index < -0.39 is 17.7 Å². The highest BCUT2D eigenvalue weighted by molar-refractivity contribution is 6.46. The van der Waals surface area contributed by atoms with Gasteiger partial charge in [0.05, 0.1) is 28.8 Å². The van der Waals surface area contributed by atoms with Crippen molar-refractivity contribution in [1.82, 2.24) is 4.90 Å². The highest BCUT2D eigenvalue weighted by Gasteiger charge is 2.46. The van der Waals surface area contributed by atoms with Gasteiger partial charge in [-0.1, -0.05) is 80.4 Å². The second-order valence-corrected chi connectivity index (χ2v) is 11.0. The van der Waals surface area contributed by atoms with Gasteiger partial charge in [0.1, 0.15) is 11.6 Å². The maximum atomic E-state index is 13.4. The molecule has 1 heterocycles. The summed E-state index contributed by atoms with van der Waals surface area (Å²) in [5.41, 5.74) is 2.59. The number of hydrogen-bond acceptors (Lipinski definition) is 4. The molecule has 4 rings (SSSR count). The van der Waals surface area contributed by atoms with Crippen LogP contribution in [0.3, 0.4) is 0 Å². The number of halogens is 3. The van der Waals surface area contributed by atoms with Gasteiger partial charge < -0.3 is 14.7 Å². The number of ketones is 1. The number of amides is 1. The Balaban J connectivity index is 1.82. The van der Waals surface area contributed by atoms with E-state index in [2.05, 4.69) is 20.8 Å². The lowest BCUT2D eigenvalue weighted by Gasteiger charge is -2.26. The summed E-state index contributed by atoms with van der Waals surface area (Å²) >= 11 is 12.6. The van der Waals surface area contributed by atoms with Gasteiger partial charge in [0.15, 0.2) is 5.75 Å². The topological polar surface area (TPSA) is 66.8 Å². The van der Waals surface area contributed by atoms with Crippen molar-refractivity contribution in [3.8, 4) is 5.75 Å². The molecule has 3 aromatic rings. The van der Waals surface area contributed by atoms with E-state index in [-0.39, 0.29) is 50.5 Å². The standard InChI is InChI=1S/C30H28Cl2FNO4/c1-30(2,3)20-9-7-18(8-10-20)25-24(26(35)19-15-22(31)28(38-4)23(32)16-19)27(36)29(37)34(25)14-13-17-5-11-21(33)12-6-17/h5-12,15-16,25,35H,13-14H2,1-4H3/b26-24+. The van der Waals surface area contributed by atoms with Crippen LogP contribution in [0.2, 0.25) is 10.0 Å². The molecule has 0 spiro atoms. The summed E-state index contributed by atoms with van der Waals surface area (Å²) in [7, 11) is 1.42. The molecule has 0 aromatic heterocycles. The number of nitrogens with zero attached hydrogens (tertiary/aromatic N) is 1. The predicted octanol–water partition coefficient (Wildman–Crippen LogP) is 7.10. The van der Waals surface area contributed by atoms with Crippen molar-refractivity contribution >= 4 is 40.7 Å². The Labute approximate surface area is 231 Å². The molecule has 38 heavy (non-hydrogen) atoms. The molecule has 0 saturated carbocycles. The highest BCUT2D eigenvalue weighted by atomic mass is 35.5. The second kappa shape index (κ2) is 10.8. The van der Waals surface area contributed by atoms with Crippen LogP contribution in [0.5, 0.6) is 5.75 Å². The van der Waals surface area contributed by atoms with Gasteiger partial charge in [-0.2, -0.15) is 0 Å². The first-order chi connectivity index (χ1) is 17.9.